The summed E-state index contributed by atoms with van der Waals surface area (Å²) in [5, 5.41) is 8.90. The highest BCUT2D eigenvalue weighted by Crippen LogP contribution is 2.04. The van der Waals surface area contributed by atoms with Gasteiger partial charge in [0.25, 0.3) is 0 Å². The van der Waals surface area contributed by atoms with Gasteiger partial charge in [-0.25, -0.2) is 5.10 Å². The summed E-state index contributed by atoms with van der Waals surface area (Å²) in [6, 6.07) is 4.04. The van der Waals surface area contributed by atoms with Crippen molar-refractivity contribution in [1.82, 2.24) is 19.7 Å². The first kappa shape index (κ1) is 12.3. The predicted octanol–water partition coefficient (Wildman–Crippen LogP) is 1.81. The molecule has 18 heavy (non-hydrogen) atoms. The topological polar surface area (TPSA) is 75.6 Å². The van der Waals surface area contributed by atoms with Crippen LogP contribution in [-0.2, 0) is 11.3 Å². The van der Waals surface area contributed by atoms with E-state index in [1.807, 2.05) is 12.1 Å². The highest BCUT2D eigenvalue weighted by molar-refractivity contribution is 5.88. The van der Waals surface area contributed by atoms with Gasteiger partial charge in [0, 0.05) is 25.4 Å². The first-order chi connectivity index (χ1) is 8.84. The minimum absolute atomic E-state index is 0.0206. The van der Waals surface area contributed by atoms with E-state index in [0.29, 0.717) is 12.4 Å². The highest BCUT2D eigenvalue weighted by Gasteiger charge is 2.03. The number of carbonyl (C=O) groups is 1. The van der Waals surface area contributed by atoms with Crippen LogP contribution in [-0.4, -0.2) is 25.7 Å². The Morgan fingerprint density at radius 3 is 2.83 bits per heavy atom. The Balaban J connectivity index is 1.54. The van der Waals surface area contributed by atoms with Gasteiger partial charge in [0.2, 0.25) is 11.9 Å². The molecule has 1 amide bonds. The number of aromatic nitrogens is 4. The minimum Gasteiger partial charge on any atom is -0.354 e. The second-order valence-electron chi connectivity index (χ2n) is 4.11. The third-order valence-electron chi connectivity index (χ3n) is 2.66. The summed E-state index contributed by atoms with van der Waals surface area (Å²) >= 11 is 0. The van der Waals surface area contributed by atoms with Gasteiger partial charge in [-0.3, -0.25) is 10.1 Å². The molecule has 0 bridgehead atoms. The molecule has 0 aliphatic heterocycles. The fourth-order valence-electron chi connectivity index (χ4n) is 1.74. The zero-order valence-electron chi connectivity index (χ0n) is 10.2. The van der Waals surface area contributed by atoms with E-state index in [9.17, 15) is 4.79 Å². The number of aromatic amines is 1. The van der Waals surface area contributed by atoms with Crippen molar-refractivity contribution < 1.29 is 4.79 Å². The summed E-state index contributed by atoms with van der Waals surface area (Å²) in [5.41, 5.74) is 0. The van der Waals surface area contributed by atoms with Crippen molar-refractivity contribution in [3.8, 4) is 0 Å². The molecular formula is C12H17N5O. The number of carbonyl (C=O) groups excluding carboxylic acids is 1. The SMILES string of the molecule is O=C(CCCCCn1cccc1)Nc1ncn[nH]1. The standard InChI is InChI=1S/C12H17N5O/c18-11(15-12-13-10-14-16-12)6-2-1-3-7-17-8-4-5-9-17/h4-5,8-10H,1-3,6-7H2,(H2,13,14,15,16,18). The van der Waals surface area contributed by atoms with E-state index >= 15 is 0 Å². The first-order valence-electron chi connectivity index (χ1n) is 6.10. The first-order valence-corrected chi connectivity index (χ1v) is 6.10. The second kappa shape index (κ2) is 6.58. The van der Waals surface area contributed by atoms with E-state index < -0.39 is 0 Å². The predicted molar refractivity (Wildman–Crippen MR) is 67.9 cm³/mol. The van der Waals surface area contributed by atoms with Gasteiger partial charge in [-0.15, -0.1) is 0 Å². The van der Waals surface area contributed by atoms with Crippen LogP contribution in [0.5, 0.6) is 0 Å². The van der Waals surface area contributed by atoms with Gasteiger partial charge in [0.15, 0.2) is 0 Å². The van der Waals surface area contributed by atoms with E-state index in [1.54, 1.807) is 0 Å². The van der Waals surface area contributed by atoms with Crippen LogP contribution in [0.25, 0.3) is 0 Å². The molecule has 6 nitrogen and oxygen atoms in total. The van der Waals surface area contributed by atoms with Crippen molar-refractivity contribution in [2.75, 3.05) is 5.32 Å². The molecule has 0 radical (unpaired) electrons. The van der Waals surface area contributed by atoms with Crippen molar-refractivity contribution in [3.63, 3.8) is 0 Å². The van der Waals surface area contributed by atoms with Gasteiger partial charge < -0.3 is 4.57 Å². The Bertz CT molecular complexity index is 449. The van der Waals surface area contributed by atoms with Gasteiger partial charge in [-0.2, -0.15) is 10.1 Å². The number of hydrogen-bond donors (Lipinski definition) is 2. The van der Waals surface area contributed by atoms with Crippen molar-refractivity contribution >= 4 is 11.9 Å². The quantitative estimate of drug-likeness (QED) is 0.732. The fraction of sp³-hybridized carbons (Fsp3) is 0.417. The van der Waals surface area contributed by atoms with E-state index in [-0.39, 0.29) is 5.91 Å². The Morgan fingerprint density at radius 2 is 2.11 bits per heavy atom. The highest BCUT2D eigenvalue weighted by atomic mass is 16.1. The Hall–Kier alpha value is -2.11. The lowest BCUT2D eigenvalue weighted by molar-refractivity contribution is -0.116. The van der Waals surface area contributed by atoms with Crippen LogP contribution < -0.4 is 5.32 Å². The fourth-order valence-corrected chi connectivity index (χ4v) is 1.74. The molecule has 0 unspecified atom stereocenters. The van der Waals surface area contributed by atoms with Crippen molar-refractivity contribution in [3.05, 3.63) is 30.9 Å². The maximum Gasteiger partial charge on any atom is 0.226 e. The number of amides is 1. The van der Waals surface area contributed by atoms with Gasteiger partial charge >= 0.3 is 0 Å². The Morgan fingerprint density at radius 1 is 1.28 bits per heavy atom. The number of aryl methyl sites for hydroxylation is 1. The van der Waals surface area contributed by atoms with Crippen LogP contribution >= 0.6 is 0 Å². The second-order valence-corrected chi connectivity index (χ2v) is 4.11. The number of anilines is 1. The zero-order valence-corrected chi connectivity index (χ0v) is 10.2. The lowest BCUT2D eigenvalue weighted by Crippen LogP contribution is -2.12. The van der Waals surface area contributed by atoms with Gasteiger partial charge in [-0.05, 0) is 25.0 Å². The zero-order chi connectivity index (χ0) is 12.6. The van der Waals surface area contributed by atoms with Crippen LogP contribution in [0.3, 0.4) is 0 Å². The number of rotatable bonds is 7. The number of nitrogens with one attached hydrogen (secondary N) is 2. The molecule has 2 aromatic heterocycles. The van der Waals surface area contributed by atoms with Crippen LogP contribution in [0, 0.1) is 0 Å². The monoisotopic (exact) mass is 247 g/mol. The largest absolute Gasteiger partial charge is 0.354 e. The molecule has 0 atom stereocenters. The molecule has 0 saturated carbocycles. The van der Waals surface area contributed by atoms with Crippen LogP contribution in [0.1, 0.15) is 25.7 Å². The summed E-state index contributed by atoms with van der Waals surface area (Å²) in [6.07, 6.45) is 9.01. The summed E-state index contributed by atoms with van der Waals surface area (Å²) in [4.78, 5) is 15.3. The summed E-state index contributed by atoms with van der Waals surface area (Å²) in [6.45, 7) is 1.01. The third-order valence-corrected chi connectivity index (χ3v) is 2.66. The molecule has 0 saturated heterocycles. The van der Waals surface area contributed by atoms with E-state index in [1.165, 1.54) is 6.33 Å². The van der Waals surface area contributed by atoms with E-state index in [4.69, 9.17) is 0 Å². The normalized spacial score (nSPS) is 10.4. The average molecular weight is 247 g/mol. The molecule has 2 aromatic rings. The van der Waals surface area contributed by atoms with Crippen LogP contribution in [0.2, 0.25) is 0 Å². The molecule has 2 heterocycles. The van der Waals surface area contributed by atoms with Gasteiger partial charge in [-0.1, -0.05) is 6.42 Å². The maximum atomic E-state index is 11.5. The lowest BCUT2D eigenvalue weighted by atomic mass is 10.2. The molecule has 0 spiro atoms. The van der Waals surface area contributed by atoms with Gasteiger partial charge in [0.05, 0.1) is 0 Å². The maximum absolute atomic E-state index is 11.5. The molecule has 2 rings (SSSR count). The number of H-pyrrole nitrogens is 1. The smallest absolute Gasteiger partial charge is 0.226 e. The molecule has 0 aromatic carbocycles. The lowest BCUT2D eigenvalue weighted by Gasteiger charge is -2.03. The van der Waals surface area contributed by atoms with Crippen LogP contribution in [0.4, 0.5) is 5.95 Å². The van der Waals surface area contributed by atoms with E-state index in [0.717, 1.165) is 25.8 Å². The van der Waals surface area contributed by atoms with Crippen molar-refractivity contribution in [1.29, 1.82) is 0 Å². The number of nitrogens with zero attached hydrogens (tertiary/aromatic N) is 3. The molecule has 0 aliphatic rings. The average Bonchev–Trinajstić information content (AvgIpc) is 3.01. The molecule has 0 fully saturated rings. The molecular weight excluding hydrogens is 230 g/mol. The number of hydrogen-bond acceptors (Lipinski definition) is 3. The summed E-state index contributed by atoms with van der Waals surface area (Å²) in [5.74, 6) is 0.389. The molecule has 96 valence electrons. The third kappa shape index (κ3) is 4.04. The summed E-state index contributed by atoms with van der Waals surface area (Å²) < 4.78 is 2.15. The number of unbranched alkanes of at least 4 members (excludes halogenated alkanes) is 2. The minimum atomic E-state index is -0.0206. The van der Waals surface area contributed by atoms with Crippen LogP contribution in [0.15, 0.2) is 30.9 Å². The molecule has 6 heteroatoms. The Kier molecular flexibility index (Phi) is 4.52. The molecule has 0 aliphatic carbocycles. The van der Waals surface area contributed by atoms with Gasteiger partial charge in [0.1, 0.15) is 6.33 Å². The van der Waals surface area contributed by atoms with E-state index in [2.05, 4.69) is 37.5 Å². The Labute approximate surface area is 105 Å². The molecule has 2 N–H and O–H groups in total. The van der Waals surface area contributed by atoms with Crippen molar-refractivity contribution in [2.24, 2.45) is 0 Å². The summed E-state index contributed by atoms with van der Waals surface area (Å²) in [7, 11) is 0. The van der Waals surface area contributed by atoms with Crippen molar-refractivity contribution in [2.45, 2.75) is 32.2 Å².